The molecule has 0 saturated carbocycles. The number of hydrogen-bond donors (Lipinski definition) is 1. The molecule has 0 atom stereocenters. The molecule has 5 nitrogen and oxygen atoms in total. The van der Waals surface area contributed by atoms with Crippen LogP contribution in [0.1, 0.15) is 23.6 Å². The SMILES string of the molecule is CCOC(=O)Cc1cc(CO)c(C#N)cc1OC(F)(F)F. The summed E-state index contributed by atoms with van der Waals surface area (Å²) >= 11 is 0. The fourth-order valence-corrected chi connectivity index (χ4v) is 1.64. The van der Waals surface area contributed by atoms with Gasteiger partial charge >= 0.3 is 12.3 Å². The average Bonchev–Trinajstić information content (AvgIpc) is 2.38. The van der Waals surface area contributed by atoms with Gasteiger partial charge in [0.2, 0.25) is 0 Å². The van der Waals surface area contributed by atoms with Gasteiger partial charge in [0.15, 0.2) is 0 Å². The monoisotopic (exact) mass is 303 g/mol. The summed E-state index contributed by atoms with van der Waals surface area (Å²) in [7, 11) is 0. The number of rotatable bonds is 5. The van der Waals surface area contributed by atoms with E-state index in [1.54, 1.807) is 13.0 Å². The molecule has 0 aliphatic rings. The Balaban J connectivity index is 3.23. The maximum Gasteiger partial charge on any atom is 0.573 e. The summed E-state index contributed by atoms with van der Waals surface area (Å²) in [4.78, 5) is 11.4. The molecule has 0 heterocycles. The largest absolute Gasteiger partial charge is 0.573 e. The topological polar surface area (TPSA) is 79.5 Å². The van der Waals surface area contributed by atoms with Crippen LogP contribution in [0.4, 0.5) is 13.2 Å². The number of esters is 1. The Morgan fingerprint density at radius 3 is 2.52 bits per heavy atom. The summed E-state index contributed by atoms with van der Waals surface area (Å²) < 4.78 is 45.5. The molecular weight excluding hydrogens is 291 g/mol. The maximum absolute atomic E-state index is 12.4. The Labute approximate surface area is 118 Å². The number of halogens is 3. The highest BCUT2D eigenvalue weighted by Crippen LogP contribution is 2.30. The third-order valence-electron chi connectivity index (χ3n) is 2.44. The van der Waals surface area contributed by atoms with E-state index in [0.29, 0.717) is 0 Å². The second-order valence-electron chi connectivity index (χ2n) is 3.92. The molecule has 114 valence electrons. The van der Waals surface area contributed by atoms with Crippen LogP contribution in [0, 0.1) is 11.3 Å². The number of benzene rings is 1. The van der Waals surface area contributed by atoms with Gasteiger partial charge in [0.1, 0.15) is 5.75 Å². The third-order valence-corrected chi connectivity index (χ3v) is 2.44. The van der Waals surface area contributed by atoms with Crippen molar-refractivity contribution in [3.63, 3.8) is 0 Å². The minimum Gasteiger partial charge on any atom is -0.466 e. The van der Waals surface area contributed by atoms with Crippen molar-refractivity contribution in [2.24, 2.45) is 0 Å². The maximum atomic E-state index is 12.4. The molecule has 0 saturated heterocycles. The Bertz CT molecular complexity index is 564. The molecule has 0 aromatic heterocycles. The summed E-state index contributed by atoms with van der Waals surface area (Å²) in [6.07, 6.45) is -5.42. The van der Waals surface area contributed by atoms with Crippen molar-refractivity contribution >= 4 is 5.97 Å². The molecule has 0 radical (unpaired) electrons. The van der Waals surface area contributed by atoms with Crippen LogP contribution < -0.4 is 4.74 Å². The van der Waals surface area contributed by atoms with E-state index in [1.165, 1.54) is 0 Å². The first-order chi connectivity index (χ1) is 9.80. The minimum absolute atomic E-state index is 0.0808. The van der Waals surface area contributed by atoms with E-state index in [4.69, 9.17) is 10.4 Å². The summed E-state index contributed by atoms with van der Waals surface area (Å²) in [5.41, 5.74) is -0.176. The summed E-state index contributed by atoms with van der Waals surface area (Å²) in [6, 6.07) is 3.62. The van der Waals surface area contributed by atoms with E-state index in [1.807, 2.05) is 0 Å². The molecule has 1 N–H and O–H groups in total. The Morgan fingerprint density at radius 2 is 2.05 bits per heavy atom. The second kappa shape index (κ2) is 6.95. The number of hydrogen-bond acceptors (Lipinski definition) is 5. The molecule has 1 aromatic carbocycles. The van der Waals surface area contributed by atoms with E-state index in [9.17, 15) is 18.0 Å². The van der Waals surface area contributed by atoms with Gasteiger partial charge in [0.25, 0.3) is 0 Å². The second-order valence-corrected chi connectivity index (χ2v) is 3.92. The van der Waals surface area contributed by atoms with Gasteiger partial charge in [0.05, 0.1) is 31.3 Å². The van der Waals surface area contributed by atoms with Crippen molar-refractivity contribution < 1.29 is 32.5 Å². The van der Waals surface area contributed by atoms with Crippen LogP contribution in [0.3, 0.4) is 0 Å². The molecule has 1 rings (SSSR count). The molecule has 0 aliphatic carbocycles. The zero-order valence-electron chi connectivity index (χ0n) is 11.0. The number of carbonyl (C=O) groups is 1. The van der Waals surface area contributed by atoms with E-state index in [-0.39, 0.29) is 23.3 Å². The zero-order valence-corrected chi connectivity index (χ0v) is 11.0. The van der Waals surface area contributed by atoms with Gasteiger partial charge in [-0.1, -0.05) is 0 Å². The fourth-order valence-electron chi connectivity index (χ4n) is 1.64. The number of aliphatic hydroxyl groups excluding tert-OH is 1. The lowest BCUT2D eigenvalue weighted by Gasteiger charge is -2.15. The fraction of sp³-hybridized carbons (Fsp3) is 0.385. The first kappa shape index (κ1) is 16.8. The molecule has 21 heavy (non-hydrogen) atoms. The summed E-state index contributed by atoms with van der Waals surface area (Å²) in [6.45, 7) is 1.09. The van der Waals surface area contributed by atoms with Crippen molar-refractivity contribution in [1.82, 2.24) is 0 Å². The first-order valence-electron chi connectivity index (χ1n) is 5.88. The van der Waals surface area contributed by atoms with Gasteiger partial charge in [-0.05, 0) is 24.6 Å². The van der Waals surface area contributed by atoms with Crippen molar-refractivity contribution in [1.29, 1.82) is 5.26 Å². The molecule has 0 aliphatic heterocycles. The number of alkyl halides is 3. The molecule has 0 bridgehead atoms. The quantitative estimate of drug-likeness (QED) is 0.842. The number of ether oxygens (including phenoxy) is 2. The Kier molecular flexibility index (Phi) is 5.55. The zero-order chi connectivity index (χ0) is 16.0. The molecular formula is C13H12F3NO4. The lowest BCUT2D eigenvalue weighted by Crippen LogP contribution is -2.19. The van der Waals surface area contributed by atoms with Crippen LogP contribution in [0.15, 0.2) is 12.1 Å². The molecule has 0 unspecified atom stereocenters. The van der Waals surface area contributed by atoms with E-state index in [2.05, 4.69) is 9.47 Å². The molecule has 0 spiro atoms. The van der Waals surface area contributed by atoms with Crippen LogP contribution in [0.5, 0.6) is 5.75 Å². The lowest BCUT2D eigenvalue weighted by molar-refractivity contribution is -0.275. The Hall–Kier alpha value is -2.27. The molecule has 0 amide bonds. The molecule has 0 fully saturated rings. The van der Waals surface area contributed by atoms with Crippen molar-refractivity contribution in [2.45, 2.75) is 26.3 Å². The lowest BCUT2D eigenvalue weighted by atomic mass is 10.0. The molecule has 1 aromatic rings. The van der Waals surface area contributed by atoms with Gasteiger partial charge in [-0.2, -0.15) is 5.26 Å². The van der Waals surface area contributed by atoms with Gasteiger partial charge in [0, 0.05) is 5.56 Å². The van der Waals surface area contributed by atoms with Crippen LogP contribution in [0.2, 0.25) is 0 Å². The van der Waals surface area contributed by atoms with Crippen molar-refractivity contribution in [3.05, 3.63) is 28.8 Å². The van der Waals surface area contributed by atoms with Crippen molar-refractivity contribution in [2.75, 3.05) is 6.61 Å². The van der Waals surface area contributed by atoms with Crippen LogP contribution >= 0.6 is 0 Å². The average molecular weight is 303 g/mol. The standard InChI is InChI=1S/C13H12F3NO4/c1-2-20-12(19)5-8-3-10(7-18)9(6-17)4-11(8)21-13(14,15)16/h3-4,18H,2,5,7H2,1H3. The summed E-state index contributed by atoms with van der Waals surface area (Å²) in [5, 5.41) is 17.9. The normalized spacial score (nSPS) is 10.9. The highest BCUT2D eigenvalue weighted by atomic mass is 19.4. The van der Waals surface area contributed by atoms with Crippen LogP contribution in [0.25, 0.3) is 0 Å². The van der Waals surface area contributed by atoms with Gasteiger partial charge < -0.3 is 14.6 Å². The van der Waals surface area contributed by atoms with Gasteiger partial charge in [-0.3, -0.25) is 4.79 Å². The number of carbonyl (C=O) groups excluding carboxylic acids is 1. The van der Waals surface area contributed by atoms with E-state index < -0.39 is 31.1 Å². The van der Waals surface area contributed by atoms with Crippen molar-refractivity contribution in [3.8, 4) is 11.8 Å². The van der Waals surface area contributed by atoms with Crippen LogP contribution in [-0.4, -0.2) is 24.0 Å². The smallest absolute Gasteiger partial charge is 0.466 e. The van der Waals surface area contributed by atoms with E-state index in [0.717, 1.165) is 12.1 Å². The minimum atomic E-state index is -4.96. The molecule has 8 heteroatoms. The number of nitrogens with zero attached hydrogens (tertiary/aromatic N) is 1. The number of aliphatic hydroxyl groups is 1. The predicted molar refractivity (Wildman–Crippen MR) is 64.1 cm³/mol. The van der Waals surface area contributed by atoms with Gasteiger partial charge in [-0.15, -0.1) is 13.2 Å². The third kappa shape index (κ3) is 4.96. The predicted octanol–water partition coefficient (Wildman–Crippen LogP) is 2.05. The Morgan fingerprint density at radius 1 is 1.38 bits per heavy atom. The summed E-state index contributed by atoms with van der Waals surface area (Å²) in [5.74, 6) is -1.40. The highest BCUT2D eigenvalue weighted by Gasteiger charge is 2.32. The van der Waals surface area contributed by atoms with E-state index >= 15 is 0 Å². The number of nitriles is 1. The van der Waals surface area contributed by atoms with Gasteiger partial charge in [-0.25, -0.2) is 0 Å². The highest BCUT2D eigenvalue weighted by molar-refractivity contribution is 5.74. The first-order valence-corrected chi connectivity index (χ1v) is 5.88. The van der Waals surface area contributed by atoms with Crippen LogP contribution in [-0.2, 0) is 22.6 Å².